The zero-order chi connectivity index (χ0) is 14.9. The van der Waals surface area contributed by atoms with Crippen molar-refractivity contribution in [3.63, 3.8) is 0 Å². The van der Waals surface area contributed by atoms with Crippen LogP contribution in [-0.2, 0) is 15.7 Å². The van der Waals surface area contributed by atoms with Crippen molar-refractivity contribution in [3.05, 3.63) is 23.8 Å². The number of carbonyl (C=O) groups excluding carboxylic acids is 1. The van der Waals surface area contributed by atoms with Gasteiger partial charge in [-0.2, -0.15) is 13.2 Å². The van der Waals surface area contributed by atoms with Crippen LogP contribution in [0.4, 0.5) is 24.5 Å². The van der Waals surface area contributed by atoms with Crippen LogP contribution in [0.2, 0.25) is 0 Å². The van der Waals surface area contributed by atoms with Gasteiger partial charge in [0.15, 0.2) is 0 Å². The van der Waals surface area contributed by atoms with Gasteiger partial charge in [-0.3, -0.25) is 4.79 Å². The summed E-state index contributed by atoms with van der Waals surface area (Å²) in [6, 6.07) is 3.28. The van der Waals surface area contributed by atoms with Gasteiger partial charge in [-0.15, -0.1) is 0 Å². The number of anilines is 2. The Bertz CT molecular complexity index is 517. The number of nitrogens with one attached hydrogen (secondary N) is 1. The number of alkyl halides is 3. The first kappa shape index (κ1) is 14.6. The van der Waals surface area contributed by atoms with Gasteiger partial charge < -0.3 is 15.8 Å². The molecule has 4 nitrogen and oxygen atoms in total. The molecule has 3 N–H and O–H groups in total. The van der Waals surface area contributed by atoms with Gasteiger partial charge in [0, 0.05) is 18.0 Å². The van der Waals surface area contributed by atoms with Crippen molar-refractivity contribution in [2.75, 3.05) is 17.7 Å². The lowest BCUT2D eigenvalue weighted by molar-refractivity contribution is -0.137. The summed E-state index contributed by atoms with van der Waals surface area (Å²) in [6.45, 7) is 2.34. The third kappa shape index (κ3) is 3.04. The number of nitrogen functional groups attached to an aromatic ring is 1. The molecule has 0 spiro atoms. The van der Waals surface area contributed by atoms with Gasteiger partial charge in [0.05, 0.1) is 5.56 Å². The molecule has 110 valence electrons. The van der Waals surface area contributed by atoms with Crippen molar-refractivity contribution in [1.29, 1.82) is 0 Å². The highest BCUT2D eigenvalue weighted by Crippen LogP contribution is 2.35. The van der Waals surface area contributed by atoms with E-state index >= 15 is 0 Å². The average molecular weight is 288 g/mol. The first-order chi connectivity index (χ1) is 9.29. The fourth-order valence-corrected chi connectivity index (χ4v) is 2.12. The van der Waals surface area contributed by atoms with Crippen LogP contribution in [0.1, 0.15) is 18.9 Å². The van der Waals surface area contributed by atoms with Gasteiger partial charge in [0.25, 0.3) is 5.91 Å². The number of hydrogen-bond acceptors (Lipinski definition) is 3. The monoisotopic (exact) mass is 288 g/mol. The molecular formula is C13H15F3N2O2. The van der Waals surface area contributed by atoms with Gasteiger partial charge in [-0.05, 0) is 30.5 Å². The van der Waals surface area contributed by atoms with Crippen LogP contribution in [0.5, 0.6) is 0 Å². The van der Waals surface area contributed by atoms with E-state index in [9.17, 15) is 18.0 Å². The molecule has 0 bridgehead atoms. The van der Waals surface area contributed by atoms with Gasteiger partial charge in [-0.1, -0.05) is 6.92 Å². The molecule has 1 aromatic rings. The van der Waals surface area contributed by atoms with Crippen molar-refractivity contribution < 1.29 is 22.7 Å². The standard InChI is InChI=1S/C13H15F3N2O2/c1-7-4-5-20-11(7)12(19)18-8-2-3-10(17)9(6-8)13(14,15)16/h2-3,6-7,11H,4-5,17H2,1H3,(H,18,19). The lowest BCUT2D eigenvalue weighted by atomic mass is 10.0. The fraction of sp³-hybridized carbons (Fsp3) is 0.462. The summed E-state index contributed by atoms with van der Waals surface area (Å²) in [6.07, 6.45) is -4.42. The van der Waals surface area contributed by atoms with Gasteiger partial charge in [0.1, 0.15) is 6.10 Å². The van der Waals surface area contributed by atoms with E-state index in [0.717, 1.165) is 18.6 Å². The summed E-state index contributed by atoms with van der Waals surface area (Å²) in [4.78, 5) is 11.9. The Morgan fingerprint density at radius 2 is 2.15 bits per heavy atom. The van der Waals surface area contributed by atoms with Crippen molar-refractivity contribution in [2.24, 2.45) is 5.92 Å². The predicted molar refractivity (Wildman–Crippen MR) is 68.0 cm³/mol. The van der Waals surface area contributed by atoms with Crippen molar-refractivity contribution in [1.82, 2.24) is 0 Å². The summed E-state index contributed by atoms with van der Waals surface area (Å²) in [5, 5.41) is 2.43. The predicted octanol–water partition coefficient (Wildman–Crippen LogP) is 2.65. The smallest absolute Gasteiger partial charge is 0.398 e. The molecule has 1 amide bonds. The maximum atomic E-state index is 12.7. The largest absolute Gasteiger partial charge is 0.418 e. The van der Waals surface area contributed by atoms with E-state index in [2.05, 4.69) is 5.32 Å². The molecule has 0 aromatic heterocycles. The molecule has 0 aliphatic carbocycles. The van der Waals surface area contributed by atoms with Crippen LogP contribution in [0, 0.1) is 5.92 Å². The van der Waals surface area contributed by atoms with Gasteiger partial charge in [0.2, 0.25) is 0 Å². The summed E-state index contributed by atoms with van der Waals surface area (Å²) in [7, 11) is 0. The Morgan fingerprint density at radius 1 is 1.45 bits per heavy atom. The normalized spacial score (nSPS) is 22.8. The number of halogens is 3. The molecule has 2 rings (SSSR count). The minimum absolute atomic E-state index is 0.0471. The maximum Gasteiger partial charge on any atom is 0.418 e. The first-order valence-electron chi connectivity index (χ1n) is 6.18. The van der Waals surface area contributed by atoms with E-state index < -0.39 is 23.8 Å². The van der Waals surface area contributed by atoms with Crippen LogP contribution in [0.15, 0.2) is 18.2 Å². The van der Waals surface area contributed by atoms with Gasteiger partial charge >= 0.3 is 6.18 Å². The Morgan fingerprint density at radius 3 is 2.70 bits per heavy atom. The molecule has 20 heavy (non-hydrogen) atoms. The molecule has 1 fully saturated rings. The van der Waals surface area contributed by atoms with E-state index in [1.54, 1.807) is 0 Å². The fourth-order valence-electron chi connectivity index (χ4n) is 2.12. The molecule has 1 heterocycles. The second-order valence-corrected chi connectivity index (χ2v) is 4.85. The maximum absolute atomic E-state index is 12.7. The zero-order valence-electron chi connectivity index (χ0n) is 10.8. The van der Waals surface area contributed by atoms with Crippen LogP contribution >= 0.6 is 0 Å². The summed E-state index contributed by atoms with van der Waals surface area (Å²) < 4.78 is 43.4. The minimum atomic E-state index is -4.55. The Labute approximate surface area is 114 Å². The van der Waals surface area contributed by atoms with Crippen LogP contribution in [0.25, 0.3) is 0 Å². The Kier molecular flexibility index (Phi) is 3.89. The van der Waals surface area contributed by atoms with Gasteiger partial charge in [-0.25, -0.2) is 0 Å². The van der Waals surface area contributed by atoms with Crippen LogP contribution in [-0.4, -0.2) is 18.6 Å². The molecule has 7 heteroatoms. The number of nitrogens with two attached hydrogens (primary N) is 1. The van der Waals surface area contributed by atoms with Crippen LogP contribution in [0.3, 0.4) is 0 Å². The number of carbonyl (C=O) groups is 1. The van der Waals surface area contributed by atoms with E-state index in [1.807, 2.05) is 6.92 Å². The lowest BCUT2D eigenvalue weighted by Crippen LogP contribution is -2.31. The Balaban J connectivity index is 2.16. The highest BCUT2D eigenvalue weighted by atomic mass is 19.4. The number of amides is 1. The quantitative estimate of drug-likeness (QED) is 0.822. The molecular weight excluding hydrogens is 273 g/mol. The molecule has 1 aliphatic heterocycles. The molecule has 1 aliphatic rings. The summed E-state index contributed by atoms with van der Waals surface area (Å²) >= 11 is 0. The topological polar surface area (TPSA) is 64.3 Å². The molecule has 0 saturated carbocycles. The SMILES string of the molecule is CC1CCOC1C(=O)Nc1ccc(N)c(C(F)(F)F)c1. The second-order valence-electron chi connectivity index (χ2n) is 4.85. The van der Waals surface area contributed by atoms with E-state index in [0.29, 0.717) is 6.61 Å². The number of rotatable bonds is 2. The number of benzene rings is 1. The minimum Gasteiger partial charge on any atom is -0.398 e. The highest BCUT2D eigenvalue weighted by molar-refractivity contribution is 5.94. The number of ether oxygens (including phenoxy) is 1. The second kappa shape index (κ2) is 5.32. The van der Waals surface area contributed by atoms with Crippen molar-refractivity contribution in [3.8, 4) is 0 Å². The van der Waals surface area contributed by atoms with Crippen molar-refractivity contribution in [2.45, 2.75) is 25.6 Å². The summed E-state index contributed by atoms with van der Waals surface area (Å²) in [5.41, 5.74) is 4.01. The van der Waals surface area contributed by atoms with E-state index in [4.69, 9.17) is 10.5 Å². The van der Waals surface area contributed by atoms with E-state index in [-0.39, 0.29) is 17.3 Å². The Hall–Kier alpha value is -1.76. The molecule has 2 unspecified atom stereocenters. The van der Waals surface area contributed by atoms with Crippen LogP contribution < -0.4 is 11.1 Å². The lowest BCUT2D eigenvalue weighted by Gasteiger charge is -2.16. The average Bonchev–Trinajstić information content (AvgIpc) is 2.76. The molecule has 1 aromatic carbocycles. The number of hydrogen-bond donors (Lipinski definition) is 2. The van der Waals surface area contributed by atoms with E-state index in [1.165, 1.54) is 6.07 Å². The molecule has 0 radical (unpaired) electrons. The van der Waals surface area contributed by atoms with Crippen molar-refractivity contribution >= 4 is 17.3 Å². The zero-order valence-corrected chi connectivity index (χ0v) is 10.8. The molecule has 1 saturated heterocycles. The highest BCUT2D eigenvalue weighted by Gasteiger charge is 2.34. The third-order valence-electron chi connectivity index (χ3n) is 3.27. The summed E-state index contributed by atoms with van der Waals surface area (Å²) in [5.74, 6) is -0.390. The molecule has 2 atom stereocenters. The first-order valence-corrected chi connectivity index (χ1v) is 6.18. The third-order valence-corrected chi connectivity index (χ3v) is 3.27.